The third-order valence-electron chi connectivity index (χ3n) is 4.29. The van der Waals surface area contributed by atoms with E-state index < -0.39 is 15.9 Å². The number of hydrogen-bond acceptors (Lipinski definition) is 5. The predicted octanol–water partition coefficient (Wildman–Crippen LogP) is 5.08. The molecule has 0 fully saturated rings. The molecule has 3 aromatic carbocycles. The molecule has 3 rings (SSSR count). The number of hydrogen-bond donors (Lipinski definition) is 2. The summed E-state index contributed by atoms with van der Waals surface area (Å²) in [7, 11) is -3.85. The molecule has 0 atom stereocenters. The number of rotatable bonds is 9. The minimum Gasteiger partial charge on any atom is -0.492 e. The highest BCUT2D eigenvalue weighted by atomic mass is 35.5. The van der Waals surface area contributed by atoms with Crippen molar-refractivity contribution in [2.75, 3.05) is 18.5 Å². The molecule has 0 heterocycles. The van der Waals surface area contributed by atoms with E-state index in [4.69, 9.17) is 21.1 Å². The van der Waals surface area contributed by atoms with Crippen LogP contribution in [0.5, 0.6) is 17.2 Å². The molecule has 0 saturated heterocycles. The molecule has 0 spiro atoms. The highest BCUT2D eigenvalue weighted by molar-refractivity contribution is 7.89. The first kappa shape index (κ1) is 23.6. The third-order valence-corrected chi connectivity index (χ3v) is 6.09. The van der Waals surface area contributed by atoms with Crippen molar-refractivity contribution in [3.05, 3.63) is 77.3 Å². The molecule has 0 radical (unpaired) electrons. The Labute approximate surface area is 192 Å². The Morgan fingerprint density at radius 3 is 2.38 bits per heavy atom. The fourth-order valence-corrected chi connectivity index (χ4v) is 4.28. The summed E-state index contributed by atoms with van der Waals surface area (Å²) in [4.78, 5) is 12.9. The van der Waals surface area contributed by atoms with Gasteiger partial charge in [0.15, 0.2) is 5.75 Å². The Hall–Kier alpha value is -3.07. The lowest BCUT2D eigenvalue weighted by Gasteiger charge is -2.15. The second kappa shape index (κ2) is 10.5. The van der Waals surface area contributed by atoms with Crippen molar-refractivity contribution in [1.82, 2.24) is 4.72 Å². The third kappa shape index (κ3) is 5.79. The lowest BCUT2D eigenvalue weighted by molar-refractivity contribution is 0.102. The monoisotopic (exact) mass is 474 g/mol. The lowest BCUT2D eigenvalue weighted by Crippen LogP contribution is -2.24. The Morgan fingerprint density at radius 1 is 0.969 bits per heavy atom. The number of anilines is 1. The largest absolute Gasteiger partial charge is 0.492 e. The van der Waals surface area contributed by atoms with Gasteiger partial charge < -0.3 is 14.8 Å². The molecule has 2 N–H and O–H groups in total. The van der Waals surface area contributed by atoms with Crippen LogP contribution in [-0.4, -0.2) is 27.5 Å². The summed E-state index contributed by atoms with van der Waals surface area (Å²) in [5.74, 6) is 0.618. The topological polar surface area (TPSA) is 93.7 Å². The molecule has 0 aromatic heterocycles. The molecule has 0 aliphatic rings. The zero-order valence-electron chi connectivity index (χ0n) is 17.6. The zero-order chi connectivity index (χ0) is 23.1. The maximum absolute atomic E-state index is 13.0. The maximum atomic E-state index is 13.0. The highest BCUT2D eigenvalue weighted by Crippen LogP contribution is 2.33. The minimum atomic E-state index is -3.85. The molecule has 0 aliphatic carbocycles. The molecule has 0 unspecified atom stereocenters. The van der Waals surface area contributed by atoms with Crippen molar-refractivity contribution >= 4 is 33.2 Å². The molecule has 32 heavy (non-hydrogen) atoms. The van der Waals surface area contributed by atoms with Crippen molar-refractivity contribution in [3.63, 3.8) is 0 Å². The highest BCUT2D eigenvalue weighted by Gasteiger charge is 2.22. The predicted molar refractivity (Wildman–Crippen MR) is 124 cm³/mol. The van der Waals surface area contributed by atoms with Crippen LogP contribution in [0.15, 0.2) is 71.6 Å². The number of halogens is 1. The molecular formula is C23H23ClN2O5S. The SMILES string of the molecule is CCNS(=O)(=O)c1cc(C(=O)Nc2cc(Cl)ccc2Oc2ccccc2)ccc1OCC. The van der Waals surface area contributed by atoms with Gasteiger partial charge in [-0.2, -0.15) is 0 Å². The van der Waals surface area contributed by atoms with Crippen molar-refractivity contribution in [1.29, 1.82) is 0 Å². The second-order valence-electron chi connectivity index (χ2n) is 6.61. The molecule has 3 aromatic rings. The van der Waals surface area contributed by atoms with Crippen molar-refractivity contribution in [2.45, 2.75) is 18.7 Å². The zero-order valence-corrected chi connectivity index (χ0v) is 19.2. The van der Waals surface area contributed by atoms with E-state index in [-0.39, 0.29) is 29.4 Å². The van der Waals surface area contributed by atoms with Gasteiger partial charge in [0, 0.05) is 17.1 Å². The van der Waals surface area contributed by atoms with Gasteiger partial charge in [-0.3, -0.25) is 4.79 Å². The Kier molecular flexibility index (Phi) is 7.74. The van der Waals surface area contributed by atoms with Gasteiger partial charge in [-0.15, -0.1) is 0 Å². The molecule has 7 nitrogen and oxygen atoms in total. The molecular weight excluding hydrogens is 452 g/mol. The number of para-hydroxylation sites is 1. The average molecular weight is 475 g/mol. The van der Waals surface area contributed by atoms with E-state index in [0.29, 0.717) is 22.2 Å². The summed E-state index contributed by atoms with van der Waals surface area (Å²) in [6.45, 7) is 3.90. The van der Waals surface area contributed by atoms with Crippen LogP contribution in [0.4, 0.5) is 5.69 Å². The van der Waals surface area contributed by atoms with Crippen LogP contribution in [0.1, 0.15) is 24.2 Å². The standard InChI is InChI=1S/C23H23ClN2O5S/c1-3-25-32(28,29)22-14-16(10-12-21(22)30-4-2)23(27)26-19-15-17(24)11-13-20(19)31-18-8-6-5-7-9-18/h5-15,25H,3-4H2,1-2H3,(H,26,27). The van der Waals surface area contributed by atoms with Gasteiger partial charge in [-0.1, -0.05) is 36.7 Å². The fraction of sp³-hybridized carbons (Fsp3) is 0.174. The van der Waals surface area contributed by atoms with Gasteiger partial charge in [0.2, 0.25) is 10.0 Å². The summed E-state index contributed by atoms with van der Waals surface area (Å²) >= 11 is 6.11. The summed E-state index contributed by atoms with van der Waals surface area (Å²) in [5, 5.41) is 3.15. The van der Waals surface area contributed by atoms with Crippen LogP contribution in [0, 0.1) is 0 Å². The summed E-state index contributed by atoms with van der Waals surface area (Å²) in [5.41, 5.74) is 0.479. The molecule has 9 heteroatoms. The molecule has 0 bridgehead atoms. The van der Waals surface area contributed by atoms with Crippen LogP contribution < -0.4 is 19.5 Å². The average Bonchev–Trinajstić information content (AvgIpc) is 2.76. The van der Waals surface area contributed by atoms with E-state index in [9.17, 15) is 13.2 Å². The van der Waals surface area contributed by atoms with E-state index in [0.717, 1.165) is 0 Å². The molecule has 168 valence electrons. The van der Waals surface area contributed by atoms with E-state index in [1.54, 1.807) is 44.2 Å². The van der Waals surface area contributed by atoms with Crippen molar-refractivity contribution in [3.8, 4) is 17.2 Å². The lowest BCUT2D eigenvalue weighted by atomic mass is 10.2. The number of ether oxygens (including phenoxy) is 2. The number of nitrogens with one attached hydrogen (secondary N) is 2. The van der Waals surface area contributed by atoms with Crippen LogP contribution >= 0.6 is 11.6 Å². The van der Waals surface area contributed by atoms with Gasteiger partial charge in [0.05, 0.1) is 12.3 Å². The summed E-state index contributed by atoms with van der Waals surface area (Å²) < 4.78 is 38.9. The van der Waals surface area contributed by atoms with E-state index in [2.05, 4.69) is 10.0 Å². The van der Waals surface area contributed by atoms with Crippen LogP contribution in [0.3, 0.4) is 0 Å². The van der Waals surface area contributed by atoms with Crippen molar-refractivity contribution < 1.29 is 22.7 Å². The summed E-state index contributed by atoms with van der Waals surface area (Å²) in [6, 6.07) is 18.2. The van der Waals surface area contributed by atoms with E-state index in [1.807, 2.05) is 18.2 Å². The second-order valence-corrected chi connectivity index (χ2v) is 8.78. The minimum absolute atomic E-state index is 0.110. The molecule has 0 aliphatic heterocycles. The first-order chi connectivity index (χ1) is 15.3. The number of sulfonamides is 1. The van der Waals surface area contributed by atoms with Gasteiger partial charge in [-0.25, -0.2) is 13.1 Å². The van der Waals surface area contributed by atoms with E-state index >= 15 is 0 Å². The number of amides is 1. The van der Waals surface area contributed by atoms with Gasteiger partial charge in [0.1, 0.15) is 16.4 Å². The van der Waals surface area contributed by atoms with E-state index in [1.165, 1.54) is 18.2 Å². The maximum Gasteiger partial charge on any atom is 0.255 e. The number of benzene rings is 3. The van der Waals surface area contributed by atoms with Crippen LogP contribution in [-0.2, 0) is 10.0 Å². The normalized spacial score (nSPS) is 11.1. The quantitative estimate of drug-likeness (QED) is 0.451. The smallest absolute Gasteiger partial charge is 0.255 e. The van der Waals surface area contributed by atoms with Crippen LogP contribution in [0.25, 0.3) is 0 Å². The summed E-state index contributed by atoms with van der Waals surface area (Å²) in [6.07, 6.45) is 0. The first-order valence-corrected chi connectivity index (χ1v) is 11.8. The van der Waals surface area contributed by atoms with Crippen LogP contribution in [0.2, 0.25) is 5.02 Å². The van der Waals surface area contributed by atoms with Gasteiger partial charge >= 0.3 is 0 Å². The number of carbonyl (C=O) groups excluding carboxylic acids is 1. The van der Waals surface area contributed by atoms with Crippen molar-refractivity contribution in [2.24, 2.45) is 0 Å². The van der Waals surface area contributed by atoms with Gasteiger partial charge in [0.25, 0.3) is 5.91 Å². The fourth-order valence-electron chi connectivity index (χ4n) is 2.90. The number of carbonyl (C=O) groups is 1. The molecule has 0 saturated carbocycles. The Balaban J connectivity index is 1.93. The first-order valence-electron chi connectivity index (χ1n) is 9.94. The Morgan fingerprint density at radius 2 is 1.69 bits per heavy atom. The van der Waals surface area contributed by atoms with Gasteiger partial charge in [-0.05, 0) is 55.5 Å². The molecule has 1 amide bonds. The Bertz CT molecular complexity index is 1200.